The lowest BCUT2D eigenvalue weighted by Gasteiger charge is -2.58. The van der Waals surface area contributed by atoms with Crippen molar-refractivity contribution in [2.45, 2.75) is 45.1 Å². The number of aliphatic carboxylic acids is 1. The molecule has 0 unspecified atom stereocenters. The smallest absolute Gasteiger partial charge is 0.303 e. The van der Waals surface area contributed by atoms with E-state index in [1.54, 1.807) is 12.1 Å². The third-order valence-corrected chi connectivity index (χ3v) is 7.79. The highest BCUT2D eigenvalue weighted by atomic mass is 79.9. The van der Waals surface area contributed by atoms with Crippen LogP contribution in [0, 0.1) is 23.1 Å². The molecule has 0 bridgehead atoms. The highest BCUT2D eigenvalue weighted by Crippen LogP contribution is 2.62. The quantitative estimate of drug-likeness (QED) is 0.381. The second kappa shape index (κ2) is 8.14. The van der Waals surface area contributed by atoms with Crippen LogP contribution < -0.4 is 0 Å². The van der Waals surface area contributed by atoms with Crippen molar-refractivity contribution in [3.8, 4) is 0 Å². The molecule has 1 heterocycles. The van der Waals surface area contributed by atoms with Crippen LogP contribution in [0.3, 0.4) is 0 Å². The highest BCUT2D eigenvalue weighted by Gasteiger charge is 2.53. The summed E-state index contributed by atoms with van der Waals surface area (Å²) in [5.41, 5.74) is 2.60. The van der Waals surface area contributed by atoms with E-state index in [1.807, 2.05) is 35.0 Å². The first-order chi connectivity index (χ1) is 15.3. The van der Waals surface area contributed by atoms with Gasteiger partial charge in [0.15, 0.2) is 5.78 Å². The fourth-order valence-electron chi connectivity index (χ4n) is 6.00. The van der Waals surface area contributed by atoms with Crippen LogP contribution in [0.25, 0.3) is 10.9 Å². The number of carboxylic acid groups (broad SMARTS) is 1. The molecule has 4 nitrogen and oxygen atoms in total. The molecule has 0 saturated heterocycles. The zero-order chi connectivity index (χ0) is 22.5. The van der Waals surface area contributed by atoms with Crippen molar-refractivity contribution in [3.05, 3.63) is 70.1 Å². The second-order valence-corrected chi connectivity index (χ2v) is 10.6. The first kappa shape index (κ1) is 21.4. The van der Waals surface area contributed by atoms with Crippen LogP contribution in [0.2, 0.25) is 0 Å². The predicted molar refractivity (Wildman–Crippen MR) is 124 cm³/mol. The fourth-order valence-corrected chi connectivity index (χ4v) is 6.27. The number of Topliss-reactive ketones (excluding diaryl/α,β-unsaturated/α-hetero) is 1. The van der Waals surface area contributed by atoms with Crippen molar-refractivity contribution in [2.75, 3.05) is 0 Å². The Labute approximate surface area is 194 Å². The van der Waals surface area contributed by atoms with Crippen molar-refractivity contribution >= 4 is 38.6 Å². The van der Waals surface area contributed by atoms with Crippen LogP contribution in [0.1, 0.15) is 54.4 Å². The Balaban J connectivity index is 1.30. The van der Waals surface area contributed by atoms with Gasteiger partial charge in [-0.05, 0) is 78.8 Å². The Morgan fingerprint density at radius 2 is 1.66 bits per heavy atom. The van der Waals surface area contributed by atoms with E-state index in [0.717, 1.165) is 35.7 Å². The van der Waals surface area contributed by atoms with Gasteiger partial charge in [0, 0.05) is 41.0 Å². The number of carboxylic acids is 1. The summed E-state index contributed by atoms with van der Waals surface area (Å²) in [5.74, 6) is -0.340. The van der Waals surface area contributed by atoms with E-state index in [4.69, 9.17) is 5.11 Å². The van der Waals surface area contributed by atoms with E-state index in [2.05, 4.69) is 15.9 Å². The van der Waals surface area contributed by atoms with Crippen LogP contribution >= 0.6 is 15.9 Å². The first-order valence-electron chi connectivity index (χ1n) is 11.1. The number of nitrogens with zero attached hydrogens (tertiary/aromatic N) is 1. The normalized spacial score (nSPS) is 24.3. The molecule has 1 N–H and O–H groups in total. The number of hydrogen-bond acceptors (Lipinski definition) is 2. The monoisotopic (exact) mass is 497 g/mol. The number of carbonyl (C=O) groups is 2. The summed E-state index contributed by atoms with van der Waals surface area (Å²) in [6.07, 6.45) is 6.52. The Bertz CT molecular complexity index is 1190. The number of halogens is 2. The van der Waals surface area contributed by atoms with Gasteiger partial charge in [-0.1, -0.05) is 28.1 Å². The van der Waals surface area contributed by atoms with Crippen LogP contribution in [-0.2, 0) is 11.3 Å². The summed E-state index contributed by atoms with van der Waals surface area (Å²) >= 11 is 3.44. The molecule has 2 aromatic carbocycles. The van der Waals surface area contributed by atoms with Crippen LogP contribution in [0.5, 0.6) is 0 Å². The molecule has 2 saturated carbocycles. The summed E-state index contributed by atoms with van der Waals surface area (Å²) in [6.45, 7) is 0.567. The lowest BCUT2D eigenvalue weighted by molar-refractivity contribution is -0.142. The van der Waals surface area contributed by atoms with Crippen molar-refractivity contribution in [1.82, 2.24) is 4.57 Å². The molecule has 166 valence electrons. The van der Waals surface area contributed by atoms with E-state index < -0.39 is 5.97 Å². The minimum Gasteiger partial charge on any atom is -0.481 e. The Kier molecular flexibility index (Phi) is 5.44. The predicted octanol–water partition coefficient (Wildman–Crippen LogP) is 6.45. The molecule has 2 aliphatic carbocycles. The number of aromatic nitrogens is 1. The summed E-state index contributed by atoms with van der Waals surface area (Å²) in [4.78, 5) is 24.1. The molecular weight excluding hydrogens is 473 g/mol. The molecule has 2 fully saturated rings. The maximum absolute atomic E-state index is 14.5. The summed E-state index contributed by atoms with van der Waals surface area (Å²) in [6, 6.07) is 12.7. The number of hydrogen-bond donors (Lipinski definition) is 1. The Morgan fingerprint density at radius 3 is 2.31 bits per heavy atom. The van der Waals surface area contributed by atoms with Gasteiger partial charge < -0.3 is 9.67 Å². The zero-order valence-electron chi connectivity index (χ0n) is 17.7. The van der Waals surface area contributed by atoms with Gasteiger partial charge in [-0.3, -0.25) is 9.59 Å². The molecule has 3 aromatic rings. The molecule has 5 rings (SSSR count). The number of carbonyl (C=O) groups excluding carboxylic acids is 1. The second-order valence-electron chi connectivity index (χ2n) is 9.70. The third kappa shape index (κ3) is 4.01. The van der Waals surface area contributed by atoms with E-state index in [-0.39, 0.29) is 23.4 Å². The summed E-state index contributed by atoms with van der Waals surface area (Å²) < 4.78 is 17.4. The minimum absolute atomic E-state index is 0.0621. The summed E-state index contributed by atoms with van der Waals surface area (Å²) in [7, 11) is 0. The van der Waals surface area contributed by atoms with E-state index in [0.29, 0.717) is 41.3 Å². The lowest BCUT2D eigenvalue weighted by Crippen LogP contribution is -2.48. The standard InChI is InChI=1S/C26H25BrFNO3/c27-19-3-1-16(2-4-19)15-29-8-7-20-22(28)6-5-21(25(20)29)23(30)9-17-11-26(12-17)13-18(14-26)10-24(31)32/h1-8,17-18H,9-15H2,(H,31,32). The maximum atomic E-state index is 14.5. The molecule has 6 heteroatoms. The van der Waals surface area contributed by atoms with E-state index >= 15 is 0 Å². The van der Waals surface area contributed by atoms with Gasteiger partial charge in [0.05, 0.1) is 5.52 Å². The topological polar surface area (TPSA) is 59.3 Å². The summed E-state index contributed by atoms with van der Waals surface area (Å²) in [5, 5.41) is 9.43. The van der Waals surface area contributed by atoms with Crippen molar-refractivity contribution in [2.24, 2.45) is 17.3 Å². The highest BCUT2D eigenvalue weighted by molar-refractivity contribution is 9.10. The minimum atomic E-state index is -0.720. The molecule has 1 aromatic heterocycles. The molecule has 0 atom stereocenters. The molecule has 0 amide bonds. The maximum Gasteiger partial charge on any atom is 0.303 e. The molecule has 32 heavy (non-hydrogen) atoms. The van der Waals surface area contributed by atoms with Gasteiger partial charge >= 0.3 is 5.97 Å². The number of fused-ring (bicyclic) bond motifs is 1. The van der Waals surface area contributed by atoms with Crippen molar-refractivity contribution in [1.29, 1.82) is 0 Å². The molecule has 0 aliphatic heterocycles. The van der Waals surface area contributed by atoms with Gasteiger partial charge in [0.2, 0.25) is 0 Å². The lowest BCUT2D eigenvalue weighted by atomic mass is 9.47. The SMILES string of the molecule is O=C(O)CC1CC2(C1)CC(CC(=O)c1ccc(F)c3ccn(Cc4ccc(Br)cc4)c13)C2. The van der Waals surface area contributed by atoms with Gasteiger partial charge in [-0.2, -0.15) is 0 Å². The van der Waals surface area contributed by atoms with Crippen molar-refractivity contribution < 1.29 is 19.1 Å². The molecule has 1 spiro atoms. The molecule has 0 radical (unpaired) electrons. The Hall–Kier alpha value is -2.47. The number of rotatable bonds is 7. The van der Waals surface area contributed by atoms with Crippen LogP contribution in [0.15, 0.2) is 53.1 Å². The van der Waals surface area contributed by atoms with Gasteiger partial charge in [0.1, 0.15) is 5.82 Å². The fraction of sp³-hybridized carbons (Fsp3) is 0.385. The first-order valence-corrected chi connectivity index (χ1v) is 11.9. The van der Waals surface area contributed by atoms with Crippen LogP contribution in [-0.4, -0.2) is 21.4 Å². The van der Waals surface area contributed by atoms with E-state index in [9.17, 15) is 14.0 Å². The number of ketones is 1. The average Bonchev–Trinajstić information content (AvgIpc) is 3.11. The van der Waals surface area contributed by atoms with Gasteiger partial charge in [-0.15, -0.1) is 0 Å². The third-order valence-electron chi connectivity index (χ3n) is 7.26. The van der Waals surface area contributed by atoms with Crippen molar-refractivity contribution in [3.63, 3.8) is 0 Å². The Morgan fingerprint density at radius 1 is 1.00 bits per heavy atom. The van der Waals surface area contributed by atoms with Gasteiger partial charge in [-0.25, -0.2) is 4.39 Å². The molecule has 2 aliphatic rings. The molecular formula is C26H25BrFNO3. The van der Waals surface area contributed by atoms with Gasteiger partial charge in [0.25, 0.3) is 0 Å². The average molecular weight is 498 g/mol. The zero-order valence-corrected chi connectivity index (χ0v) is 19.3. The van der Waals surface area contributed by atoms with E-state index in [1.165, 1.54) is 6.07 Å². The largest absolute Gasteiger partial charge is 0.481 e. The van der Waals surface area contributed by atoms with Crippen LogP contribution in [0.4, 0.5) is 4.39 Å². The number of benzene rings is 2.